The maximum atomic E-state index is 5.46. The Labute approximate surface area is 160 Å². The lowest BCUT2D eigenvalue weighted by Crippen LogP contribution is -2.06. The number of aromatic nitrogens is 3. The number of benzene rings is 2. The van der Waals surface area contributed by atoms with Crippen LogP contribution in [0.15, 0.2) is 48.7 Å². The Balaban J connectivity index is 1.78. The third-order valence-corrected chi connectivity index (χ3v) is 4.23. The minimum Gasteiger partial charge on any atom is -0.494 e. The van der Waals surface area contributed by atoms with Crippen LogP contribution in [0.1, 0.15) is 31.9 Å². The van der Waals surface area contributed by atoms with Gasteiger partial charge in [0.15, 0.2) is 5.82 Å². The molecule has 0 spiro atoms. The normalized spacial score (nSPS) is 10.5. The van der Waals surface area contributed by atoms with E-state index in [1.54, 1.807) is 6.20 Å². The van der Waals surface area contributed by atoms with Gasteiger partial charge in [-0.15, -0.1) is 5.10 Å². The van der Waals surface area contributed by atoms with Gasteiger partial charge in [0.1, 0.15) is 5.75 Å². The van der Waals surface area contributed by atoms with E-state index in [4.69, 9.17) is 4.74 Å². The summed E-state index contributed by atoms with van der Waals surface area (Å²) in [5.74, 6) is 1.94. The molecule has 1 aromatic heterocycles. The number of rotatable bonds is 8. The number of para-hydroxylation sites is 1. The molecule has 2 N–H and O–H groups in total. The molecule has 0 unspecified atom stereocenters. The van der Waals surface area contributed by atoms with E-state index >= 15 is 0 Å². The SMILES string of the molecule is CCOc1ccc(Nc2cnnc(Nc3c(CC)cccc3CC)n2)cc1. The lowest BCUT2D eigenvalue weighted by molar-refractivity contribution is 0.340. The minimum absolute atomic E-state index is 0.474. The molecule has 0 aliphatic heterocycles. The van der Waals surface area contributed by atoms with Crippen molar-refractivity contribution < 1.29 is 4.74 Å². The fourth-order valence-corrected chi connectivity index (χ4v) is 2.88. The number of hydrogen-bond donors (Lipinski definition) is 2. The molecule has 0 radical (unpaired) electrons. The number of nitrogens with one attached hydrogen (secondary N) is 2. The van der Waals surface area contributed by atoms with Crippen LogP contribution in [0.2, 0.25) is 0 Å². The molecule has 0 aliphatic rings. The predicted molar refractivity (Wildman–Crippen MR) is 109 cm³/mol. The Morgan fingerprint density at radius 3 is 2.22 bits per heavy atom. The number of nitrogens with zero attached hydrogens (tertiary/aromatic N) is 3. The lowest BCUT2D eigenvalue weighted by Gasteiger charge is -2.14. The summed E-state index contributed by atoms with van der Waals surface area (Å²) in [4.78, 5) is 4.55. The predicted octanol–water partition coefficient (Wildman–Crippen LogP) is 4.88. The maximum absolute atomic E-state index is 5.46. The van der Waals surface area contributed by atoms with Crippen molar-refractivity contribution in [2.75, 3.05) is 17.2 Å². The molecule has 6 heteroatoms. The van der Waals surface area contributed by atoms with Crippen molar-refractivity contribution in [1.29, 1.82) is 0 Å². The van der Waals surface area contributed by atoms with Gasteiger partial charge in [0.25, 0.3) is 0 Å². The first kappa shape index (κ1) is 18.6. The number of aryl methyl sites for hydroxylation is 2. The topological polar surface area (TPSA) is 72.0 Å². The van der Waals surface area contributed by atoms with Crippen LogP contribution in [0, 0.1) is 0 Å². The second-order valence-corrected chi connectivity index (χ2v) is 6.03. The largest absolute Gasteiger partial charge is 0.494 e. The van der Waals surface area contributed by atoms with Gasteiger partial charge in [-0.3, -0.25) is 0 Å². The van der Waals surface area contributed by atoms with Crippen LogP contribution in [0.3, 0.4) is 0 Å². The minimum atomic E-state index is 0.474. The van der Waals surface area contributed by atoms with Crippen LogP contribution < -0.4 is 15.4 Å². The molecule has 6 nitrogen and oxygen atoms in total. The summed E-state index contributed by atoms with van der Waals surface area (Å²) in [7, 11) is 0. The molecule has 27 heavy (non-hydrogen) atoms. The van der Waals surface area contributed by atoms with Crippen molar-refractivity contribution in [3.8, 4) is 5.75 Å². The van der Waals surface area contributed by atoms with Crippen molar-refractivity contribution in [3.05, 3.63) is 59.8 Å². The molecule has 0 saturated heterocycles. The number of anilines is 4. The molecule has 2 aromatic carbocycles. The van der Waals surface area contributed by atoms with Crippen LogP contribution in [0.5, 0.6) is 5.75 Å². The average molecular weight is 363 g/mol. The molecule has 1 heterocycles. The van der Waals surface area contributed by atoms with E-state index < -0.39 is 0 Å². The Hall–Kier alpha value is -3.15. The van der Waals surface area contributed by atoms with Crippen LogP contribution in [0.25, 0.3) is 0 Å². The van der Waals surface area contributed by atoms with Crippen molar-refractivity contribution >= 4 is 23.1 Å². The van der Waals surface area contributed by atoms with Gasteiger partial charge in [0.2, 0.25) is 5.95 Å². The fourth-order valence-electron chi connectivity index (χ4n) is 2.88. The van der Waals surface area contributed by atoms with Crippen LogP contribution >= 0.6 is 0 Å². The molecule has 140 valence electrons. The lowest BCUT2D eigenvalue weighted by atomic mass is 10.0. The van der Waals surface area contributed by atoms with Crippen LogP contribution in [0.4, 0.5) is 23.1 Å². The first-order valence-corrected chi connectivity index (χ1v) is 9.30. The van der Waals surface area contributed by atoms with E-state index in [9.17, 15) is 0 Å². The smallest absolute Gasteiger partial charge is 0.249 e. The van der Waals surface area contributed by atoms with Gasteiger partial charge in [-0.25, -0.2) is 0 Å². The summed E-state index contributed by atoms with van der Waals surface area (Å²) < 4.78 is 5.46. The van der Waals surface area contributed by atoms with E-state index in [1.165, 1.54) is 11.1 Å². The van der Waals surface area contributed by atoms with Crippen molar-refractivity contribution in [2.24, 2.45) is 0 Å². The Kier molecular flexibility index (Phi) is 6.20. The van der Waals surface area contributed by atoms with Gasteiger partial charge in [-0.05, 0) is 55.2 Å². The second kappa shape index (κ2) is 8.98. The summed E-state index contributed by atoms with van der Waals surface area (Å²) in [6, 6.07) is 14.1. The Morgan fingerprint density at radius 2 is 1.59 bits per heavy atom. The van der Waals surface area contributed by atoms with E-state index in [1.807, 2.05) is 31.2 Å². The van der Waals surface area contributed by atoms with Gasteiger partial charge in [0.05, 0.1) is 12.8 Å². The molecular formula is C21H25N5O. The molecule has 0 aliphatic carbocycles. The molecule has 3 rings (SSSR count). The molecular weight excluding hydrogens is 338 g/mol. The van der Waals surface area contributed by atoms with Crippen LogP contribution in [-0.4, -0.2) is 21.8 Å². The van der Waals surface area contributed by atoms with Crippen molar-refractivity contribution in [1.82, 2.24) is 15.2 Å². The van der Waals surface area contributed by atoms with E-state index in [2.05, 4.69) is 57.9 Å². The molecule has 0 saturated carbocycles. The number of ether oxygens (including phenoxy) is 1. The summed E-state index contributed by atoms with van der Waals surface area (Å²) in [6.45, 7) is 6.90. The third-order valence-electron chi connectivity index (χ3n) is 4.23. The van der Waals surface area contributed by atoms with Gasteiger partial charge >= 0.3 is 0 Å². The zero-order valence-corrected chi connectivity index (χ0v) is 16.0. The highest BCUT2D eigenvalue weighted by Gasteiger charge is 2.09. The second-order valence-electron chi connectivity index (χ2n) is 6.03. The molecule has 0 fully saturated rings. The third kappa shape index (κ3) is 4.73. The Bertz CT molecular complexity index is 858. The molecule has 0 atom stereocenters. The zero-order valence-electron chi connectivity index (χ0n) is 16.0. The summed E-state index contributed by atoms with van der Waals surface area (Å²) in [6.07, 6.45) is 3.48. The van der Waals surface area contributed by atoms with E-state index in [0.717, 1.165) is 30.0 Å². The monoisotopic (exact) mass is 363 g/mol. The first-order chi connectivity index (χ1) is 13.2. The highest BCUT2D eigenvalue weighted by molar-refractivity contribution is 5.65. The quantitative estimate of drug-likeness (QED) is 0.594. The standard InChI is InChI=1S/C21H25N5O/c1-4-15-8-7-9-16(5-2)20(15)25-21-24-19(14-22-26-21)23-17-10-12-18(13-11-17)27-6-3/h7-14H,4-6H2,1-3H3,(H2,23,24,25,26). The average Bonchev–Trinajstić information content (AvgIpc) is 2.70. The van der Waals surface area contributed by atoms with Gasteiger partial charge in [-0.1, -0.05) is 32.0 Å². The highest BCUT2D eigenvalue weighted by atomic mass is 16.5. The maximum Gasteiger partial charge on any atom is 0.249 e. The summed E-state index contributed by atoms with van der Waals surface area (Å²) in [5, 5.41) is 14.8. The van der Waals surface area contributed by atoms with Gasteiger partial charge in [0, 0.05) is 11.4 Å². The highest BCUT2D eigenvalue weighted by Crippen LogP contribution is 2.25. The fraction of sp³-hybridized carbons (Fsp3) is 0.286. The molecule has 3 aromatic rings. The van der Waals surface area contributed by atoms with Crippen LogP contribution in [-0.2, 0) is 12.8 Å². The van der Waals surface area contributed by atoms with Crippen molar-refractivity contribution in [3.63, 3.8) is 0 Å². The van der Waals surface area contributed by atoms with Gasteiger partial charge < -0.3 is 15.4 Å². The van der Waals surface area contributed by atoms with E-state index in [0.29, 0.717) is 18.4 Å². The Morgan fingerprint density at radius 1 is 0.889 bits per heavy atom. The molecule has 0 bridgehead atoms. The van der Waals surface area contributed by atoms with Crippen molar-refractivity contribution in [2.45, 2.75) is 33.6 Å². The first-order valence-electron chi connectivity index (χ1n) is 9.30. The van der Waals surface area contributed by atoms with E-state index in [-0.39, 0.29) is 0 Å². The van der Waals surface area contributed by atoms with Gasteiger partial charge in [-0.2, -0.15) is 10.1 Å². The molecule has 0 amide bonds. The summed E-state index contributed by atoms with van der Waals surface area (Å²) in [5.41, 5.74) is 4.46. The number of hydrogen-bond acceptors (Lipinski definition) is 6. The summed E-state index contributed by atoms with van der Waals surface area (Å²) >= 11 is 0. The zero-order chi connectivity index (χ0) is 19.1.